The number of rotatable bonds is 2. The number of piperidine rings is 1. The third kappa shape index (κ3) is 2.40. The fourth-order valence-electron chi connectivity index (χ4n) is 3.78. The van der Waals surface area contributed by atoms with Crippen LogP contribution in [0.4, 0.5) is 0 Å². The lowest BCUT2D eigenvalue weighted by Crippen LogP contribution is -2.40. The molecule has 24 heavy (non-hydrogen) atoms. The van der Waals surface area contributed by atoms with Gasteiger partial charge in [-0.1, -0.05) is 0 Å². The van der Waals surface area contributed by atoms with Crippen LogP contribution in [0.15, 0.2) is 32.9 Å². The molecule has 4 aliphatic rings. The van der Waals surface area contributed by atoms with E-state index in [1.807, 2.05) is 25.1 Å². The topological polar surface area (TPSA) is 72.1 Å². The molecule has 124 valence electrons. The number of hydrogen-bond donors (Lipinski definition) is 0. The molecule has 0 aromatic carbocycles. The Bertz CT molecular complexity index is 751. The average Bonchev–Trinajstić information content (AvgIpc) is 3.33. The summed E-state index contributed by atoms with van der Waals surface area (Å²) in [6, 6.07) is 2.10. The maximum atomic E-state index is 12.3. The van der Waals surface area contributed by atoms with Crippen molar-refractivity contribution in [3.05, 3.63) is 22.9 Å². The lowest BCUT2D eigenvalue weighted by Gasteiger charge is -2.38. The van der Waals surface area contributed by atoms with Crippen molar-refractivity contribution >= 4 is 17.8 Å². The summed E-state index contributed by atoms with van der Waals surface area (Å²) in [5.74, 6) is -0.443. The van der Waals surface area contributed by atoms with E-state index in [9.17, 15) is 10.1 Å². The molecule has 0 N–H and O–H groups in total. The first kappa shape index (κ1) is 15.3. The molecule has 1 unspecified atom stereocenters. The third-order valence-electron chi connectivity index (χ3n) is 5.61. The summed E-state index contributed by atoms with van der Waals surface area (Å²) in [7, 11) is 3.92. The van der Waals surface area contributed by atoms with Crippen molar-refractivity contribution in [2.75, 3.05) is 27.2 Å². The Morgan fingerprint density at radius 2 is 2.00 bits per heavy atom. The van der Waals surface area contributed by atoms with Crippen LogP contribution >= 0.6 is 0 Å². The monoisotopic (exact) mass is 323 g/mol. The van der Waals surface area contributed by atoms with Crippen molar-refractivity contribution in [1.29, 1.82) is 5.26 Å². The minimum atomic E-state index is -0.443. The summed E-state index contributed by atoms with van der Waals surface area (Å²) in [6.07, 6.45) is 8.53. The quantitative estimate of drug-likeness (QED) is 0.772. The molecule has 6 heteroatoms. The number of amides is 1. The van der Waals surface area contributed by atoms with Crippen molar-refractivity contribution in [2.24, 2.45) is 15.4 Å². The zero-order valence-electron chi connectivity index (χ0n) is 14.1. The molecule has 1 saturated carbocycles. The molecule has 3 aliphatic heterocycles. The summed E-state index contributed by atoms with van der Waals surface area (Å²) >= 11 is 0. The second-order valence-corrected chi connectivity index (χ2v) is 7.36. The van der Waals surface area contributed by atoms with Gasteiger partial charge >= 0.3 is 0 Å². The van der Waals surface area contributed by atoms with Crippen molar-refractivity contribution < 1.29 is 4.79 Å². The molecule has 2 fully saturated rings. The molecule has 0 aromatic rings. The van der Waals surface area contributed by atoms with Gasteiger partial charge in [-0.3, -0.25) is 14.7 Å². The number of aliphatic imine (C=N–C) groups is 2. The summed E-state index contributed by atoms with van der Waals surface area (Å²) in [4.78, 5) is 25.0. The van der Waals surface area contributed by atoms with Crippen molar-refractivity contribution in [1.82, 2.24) is 9.80 Å². The van der Waals surface area contributed by atoms with Gasteiger partial charge in [-0.15, -0.1) is 0 Å². The normalized spacial score (nSPS) is 27.8. The van der Waals surface area contributed by atoms with Gasteiger partial charge in [-0.2, -0.15) is 5.26 Å². The van der Waals surface area contributed by atoms with Crippen LogP contribution in [0.3, 0.4) is 0 Å². The van der Waals surface area contributed by atoms with E-state index in [0.717, 1.165) is 37.2 Å². The van der Waals surface area contributed by atoms with E-state index >= 15 is 0 Å². The van der Waals surface area contributed by atoms with Crippen LogP contribution in [0.25, 0.3) is 0 Å². The van der Waals surface area contributed by atoms with Gasteiger partial charge in [-0.25, -0.2) is 4.99 Å². The minimum Gasteiger partial charge on any atom is -0.370 e. The van der Waals surface area contributed by atoms with Gasteiger partial charge in [0, 0.05) is 18.7 Å². The fourth-order valence-corrected chi connectivity index (χ4v) is 3.78. The Morgan fingerprint density at radius 3 is 2.58 bits per heavy atom. The zero-order chi connectivity index (χ0) is 16.9. The molecule has 1 saturated heterocycles. The molecular formula is C18H21N5O. The highest BCUT2D eigenvalue weighted by Crippen LogP contribution is 2.54. The minimum absolute atomic E-state index is 0.0957. The van der Waals surface area contributed by atoms with Crippen LogP contribution in [0.1, 0.15) is 25.7 Å². The highest BCUT2D eigenvalue weighted by atomic mass is 16.1. The van der Waals surface area contributed by atoms with Crippen LogP contribution < -0.4 is 0 Å². The average molecular weight is 323 g/mol. The molecule has 0 bridgehead atoms. The number of likely N-dealkylation sites (N-methyl/N-ethyl adjacent to an activating group) is 1. The van der Waals surface area contributed by atoms with E-state index < -0.39 is 5.91 Å². The van der Waals surface area contributed by atoms with Gasteiger partial charge < -0.3 is 4.90 Å². The Labute approximate surface area is 141 Å². The van der Waals surface area contributed by atoms with Crippen LogP contribution in [0.5, 0.6) is 0 Å². The smallest absolute Gasteiger partial charge is 0.290 e. The highest BCUT2D eigenvalue weighted by Gasteiger charge is 2.45. The number of nitrogens with zero attached hydrogens (tertiary/aromatic N) is 5. The Balaban J connectivity index is 1.72. The predicted octanol–water partition coefficient (Wildman–Crippen LogP) is 1.52. The summed E-state index contributed by atoms with van der Waals surface area (Å²) in [5.41, 5.74) is 2.95. The summed E-state index contributed by atoms with van der Waals surface area (Å²) in [6.45, 7) is 1.81. The fraction of sp³-hybridized carbons (Fsp3) is 0.556. The predicted molar refractivity (Wildman–Crippen MR) is 91.6 cm³/mol. The van der Waals surface area contributed by atoms with E-state index in [2.05, 4.69) is 21.0 Å². The first-order valence-electron chi connectivity index (χ1n) is 8.47. The number of dihydropyridines is 2. The second-order valence-electron chi connectivity index (χ2n) is 7.36. The van der Waals surface area contributed by atoms with Crippen molar-refractivity contribution in [3.63, 3.8) is 0 Å². The molecule has 3 heterocycles. The first-order valence-corrected chi connectivity index (χ1v) is 8.47. The number of fused-ring (bicyclic) bond motifs is 1. The molecular weight excluding hydrogens is 302 g/mol. The molecule has 1 amide bonds. The van der Waals surface area contributed by atoms with E-state index in [-0.39, 0.29) is 11.7 Å². The number of allylic oxidation sites excluding steroid dienone is 1. The Morgan fingerprint density at radius 1 is 1.29 bits per heavy atom. The lowest BCUT2D eigenvalue weighted by atomic mass is 9.89. The van der Waals surface area contributed by atoms with Gasteiger partial charge in [0.2, 0.25) is 0 Å². The standard InChI is InChI=1S/C18H21N5O/c1-22(2)15-9-12-14(11-20-15)21-17(24)13(10-19)16(12)23-7-5-18(3-4-18)6-8-23/h9,11,15H,3-8H2,1-2H3. The van der Waals surface area contributed by atoms with Gasteiger partial charge in [0.05, 0.1) is 17.6 Å². The molecule has 0 aromatic heterocycles. The molecule has 0 radical (unpaired) electrons. The molecule has 1 aliphatic carbocycles. The van der Waals surface area contributed by atoms with E-state index in [0.29, 0.717) is 11.1 Å². The molecule has 1 atom stereocenters. The largest absolute Gasteiger partial charge is 0.370 e. The third-order valence-corrected chi connectivity index (χ3v) is 5.61. The highest BCUT2D eigenvalue weighted by molar-refractivity contribution is 6.43. The SMILES string of the molecule is CN(C)C1C=C2C(=NC(=O)C(C#N)=C2N2CCC3(CC2)CC3)C=N1. The van der Waals surface area contributed by atoms with Crippen molar-refractivity contribution in [2.45, 2.75) is 31.8 Å². The Kier molecular flexibility index (Phi) is 3.43. The number of nitriles is 1. The first-order chi connectivity index (χ1) is 11.5. The van der Waals surface area contributed by atoms with Crippen LogP contribution in [0, 0.1) is 16.7 Å². The van der Waals surface area contributed by atoms with Crippen LogP contribution in [-0.4, -0.2) is 61.0 Å². The van der Waals surface area contributed by atoms with Crippen LogP contribution in [0.2, 0.25) is 0 Å². The molecule has 6 nitrogen and oxygen atoms in total. The number of carbonyl (C=O) groups excluding carboxylic acids is 1. The number of carbonyl (C=O) groups is 1. The second kappa shape index (κ2) is 5.38. The van der Waals surface area contributed by atoms with E-state index in [1.165, 1.54) is 12.8 Å². The summed E-state index contributed by atoms with van der Waals surface area (Å²) < 4.78 is 0. The van der Waals surface area contributed by atoms with Crippen molar-refractivity contribution in [3.8, 4) is 6.07 Å². The van der Waals surface area contributed by atoms with Gasteiger partial charge in [0.25, 0.3) is 5.91 Å². The Hall–Kier alpha value is -2.26. The number of hydrogen-bond acceptors (Lipinski definition) is 5. The van der Waals surface area contributed by atoms with E-state index in [1.54, 1.807) is 6.21 Å². The zero-order valence-corrected chi connectivity index (χ0v) is 14.1. The molecule has 1 spiro atoms. The van der Waals surface area contributed by atoms with Gasteiger partial charge in [-0.05, 0) is 51.3 Å². The number of likely N-dealkylation sites (tertiary alicyclic amines) is 1. The van der Waals surface area contributed by atoms with Gasteiger partial charge in [0.15, 0.2) is 0 Å². The maximum absolute atomic E-state index is 12.3. The van der Waals surface area contributed by atoms with E-state index in [4.69, 9.17) is 0 Å². The van der Waals surface area contributed by atoms with Gasteiger partial charge in [0.1, 0.15) is 17.8 Å². The maximum Gasteiger partial charge on any atom is 0.290 e. The molecule has 4 rings (SSSR count). The lowest BCUT2D eigenvalue weighted by molar-refractivity contribution is -0.114. The van der Waals surface area contributed by atoms with Crippen LogP contribution in [-0.2, 0) is 4.79 Å². The summed E-state index contributed by atoms with van der Waals surface area (Å²) in [5, 5.41) is 9.55.